The first-order chi connectivity index (χ1) is 16.6. The van der Waals surface area contributed by atoms with Gasteiger partial charge < -0.3 is 14.8 Å². The Bertz CT molecular complexity index is 1270. The number of para-hydroxylation sites is 2. The summed E-state index contributed by atoms with van der Waals surface area (Å²) in [5.74, 6) is 2.54. The van der Waals surface area contributed by atoms with E-state index >= 15 is 0 Å². The minimum atomic E-state index is -0.203. The highest BCUT2D eigenvalue weighted by Gasteiger charge is 2.18. The number of thioether (sulfide) groups is 1. The molecule has 4 aromatic rings. The molecule has 0 saturated carbocycles. The Hall–Kier alpha value is -3.78. The van der Waals surface area contributed by atoms with Crippen LogP contribution in [0.4, 0.5) is 0 Å². The van der Waals surface area contributed by atoms with Crippen molar-refractivity contribution in [3.05, 3.63) is 95.3 Å². The third kappa shape index (κ3) is 5.40. The quantitative estimate of drug-likeness (QED) is 0.351. The summed E-state index contributed by atoms with van der Waals surface area (Å²) in [6.45, 7) is 2.29. The van der Waals surface area contributed by atoms with Crippen LogP contribution in [-0.4, -0.2) is 34.9 Å². The van der Waals surface area contributed by atoms with E-state index in [-0.39, 0.29) is 12.5 Å². The predicted octanol–water partition coefficient (Wildman–Crippen LogP) is 4.82. The molecule has 4 rings (SSSR count). The number of rotatable bonds is 9. The zero-order valence-corrected chi connectivity index (χ0v) is 20.1. The molecule has 174 valence electrons. The van der Waals surface area contributed by atoms with Gasteiger partial charge in [-0.1, -0.05) is 53.7 Å². The number of amides is 1. The minimum absolute atomic E-state index is 0.203. The number of nitrogens with one attached hydrogen (secondary N) is 1. The number of carbonyl (C=O) groups is 1. The highest BCUT2D eigenvalue weighted by molar-refractivity contribution is 7.98. The van der Waals surface area contributed by atoms with Crippen molar-refractivity contribution in [3.8, 4) is 17.2 Å². The van der Waals surface area contributed by atoms with Crippen LogP contribution in [0.5, 0.6) is 11.5 Å². The standard InChI is InChI=1S/C26H26N4O3S/c1-18-7-6-8-19(15-18)17-34-26-29-28-24(30(26)22-9-4-5-10-23(22)33-3)16-27-25(31)20-11-13-21(32-2)14-12-20/h4-15H,16-17H2,1-3H3,(H,27,31). The number of carbonyl (C=O) groups excluding carboxylic acids is 1. The molecule has 0 atom stereocenters. The first-order valence-electron chi connectivity index (χ1n) is 10.8. The summed E-state index contributed by atoms with van der Waals surface area (Å²) in [5, 5.41) is 12.5. The maximum Gasteiger partial charge on any atom is 0.251 e. The van der Waals surface area contributed by atoms with Crippen LogP contribution < -0.4 is 14.8 Å². The van der Waals surface area contributed by atoms with Gasteiger partial charge in [-0.2, -0.15) is 0 Å². The molecule has 0 aliphatic carbocycles. The van der Waals surface area contributed by atoms with Crippen molar-refractivity contribution in [2.45, 2.75) is 24.4 Å². The van der Waals surface area contributed by atoms with Crippen molar-refractivity contribution < 1.29 is 14.3 Å². The molecule has 0 aliphatic heterocycles. The molecule has 0 bridgehead atoms. The first kappa shape index (κ1) is 23.4. The summed E-state index contributed by atoms with van der Waals surface area (Å²) in [4.78, 5) is 12.7. The second-order valence-corrected chi connectivity index (χ2v) is 8.54. The maximum atomic E-state index is 12.7. The summed E-state index contributed by atoms with van der Waals surface area (Å²) in [6.07, 6.45) is 0. The molecule has 0 unspecified atom stereocenters. The zero-order valence-electron chi connectivity index (χ0n) is 19.3. The van der Waals surface area contributed by atoms with Gasteiger partial charge >= 0.3 is 0 Å². The Morgan fingerprint density at radius 1 is 0.971 bits per heavy atom. The SMILES string of the molecule is COc1ccc(C(=O)NCc2nnc(SCc3cccc(C)c3)n2-c2ccccc2OC)cc1. The Kier molecular flexibility index (Phi) is 7.49. The fourth-order valence-corrected chi connectivity index (χ4v) is 4.43. The summed E-state index contributed by atoms with van der Waals surface area (Å²) in [6, 6.07) is 23.0. The van der Waals surface area contributed by atoms with Crippen LogP contribution in [0.25, 0.3) is 5.69 Å². The number of aryl methyl sites for hydroxylation is 1. The van der Waals surface area contributed by atoms with Gasteiger partial charge in [-0.25, -0.2) is 0 Å². The second kappa shape index (κ2) is 10.9. The van der Waals surface area contributed by atoms with E-state index in [1.807, 2.05) is 28.8 Å². The molecule has 0 aliphatic rings. The lowest BCUT2D eigenvalue weighted by Gasteiger charge is -2.14. The van der Waals surface area contributed by atoms with E-state index < -0.39 is 0 Å². The molecule has 0 radical (unpaired) electrons. The van der Waals surface area contributed by atoms with E-state index in [9.17, 15) is 4.79 Å². The number of aromatic nitrogens is 3. The lowest BCUT2D eigenvalue weighted by Crippen LogP contribution is -2.24. The largest absolute Gasteiger partial charge is 0.497 e. The smallest absolute Gasteiger partial charge is 0.251 e. The maximum absolute atomic E-state index is 12.7. The average Bonchev–Trinajstić information content (AvgIpc) is 3.28. The molecule has 8 heteroatoms. The molecule has 1 amide bonds. The molecule has 0 spiro atoms. The van der Waals surface area contributed by atoms with Gasteiger partial charge in [-0.05, 0) is 48.9 Å². The lowest BCUT2D eigenvalue weighted by atomic mass is 10.2. The average molecular weight is 475 g/mol. The molecule has 1 heterocycles. The third-order valence-electron chi connectivity index (χ3n) is 5.24. The summed E-state index contributed by atoms with van der Waals surface area (Å²) in [5.41, 5.74) is 3.77. The van der Waals surface area contributed by atoms with Crippen molar-refractivity contribution >= 4 is 17.7 Å². The van der Waals surface area contributed by atoms with E-state index in [1.54, 1.807) is 50.2 Å². The lowest BCUT2D eigenvalue weighted by molar-refractivity contribution is 0.0949. The normalized spacial score (nSPS) is 10.7. The van der Waals surface area contributed by atoms with E-state index in [2.05, 4.69) is 46.7 Å². The summed E-state index contributed by atoms with van der Waals surface area (Å²) < 4.78 is 12.7. The predicted molar refractivity (Wildman–Crippen MR) is 133 cm³/mol. The Balaban J connectivity index is 1.59. The summed E-state index contributed by atoms with van der Waals surface area (Å²) in [7, 11) is 3.22. The summed E-state index contributed by atoms with van der Waals surface area (Å²) >= 11 is 1.59. The van der Waals surface area contributed by atoms with Crippen molar-refractivity contribution in [1.82, 2.24) is 20.1 Å². The van der Waals surface area contributed by atoms with Gasteiger partial charge in [0.25, 0.3) is 5.91 Å². The number of nitrogens with zero attached hydrogens (tertiary/aromatic N) is 3. The van der Waals surface area contributed by atoms with Crippen molar-refractivity contribution in [1.29, 1.82) is 0 Å². The number of benzene rings is 3. The van der Waals surface area contributed by atoms with Crippen LogP contribution >= 0.6 is 11.8 Å². The molecule has 0 fully saturated rings. The monoisotopic (exact) mass is 474 g/mol. The number of methoxy groups -OCH3 is 2. The van der Waals surface area contributed by atoms with Gasteiger partial charge in [0.15, 0.2) is 11.0 Å². The van der Waals surface area contributed by atoms with E-state index in [0.29, 0.717) is 22.9 Å². The molecule has 1 aromatic heterocycles. The van der Waals surface area contributed by atoms with Crippen LogP contribution in [0.3, 0.4) is 0 Å². The topological polar surface area (TPSA) is 78.3 Å². The Labute approximate surface area is 203 Å². The fourth-order valence-electron chi connectivity index (χ4n) is 3.52. The van der Waals surface area contributed by atoms with Gasteiger partial charge in [0.2, 0.25) is 0 Å². The third-order valence-corrected chi connectivity index (χ3v) is 6.24. The van der Waals surface area contributed by atoms with Crippen LogP contribution in [-0.2, 0) is 12.3 Å². The molecule has 7 nitrogen and oxygen atoms in total. The van der Waals surface area contributed by atoms with Gasteiger partial charge in [-0.15, -0.1) is 10.2 Å². The van der Waals surface area contributed by atoms with Crippen molar-refractivity contribution in [2.75, 3.05) is 14.2 Å². The van der Waals surface area contributed by atoms with Crippen LogP contribution in [0.15, 0.2) is 78.0 Å². The Morgan fingerprint density at radius 2 is 1.76 bits per heavy atom. The Morgan fingerprint density at radius 3 is 2.50 bits per heavy atom. The molecular formula is C26H26N4O3S. The van der Waals surface area contributed by atoms with Crippen molar-refractivity contribution in [2.24, 2.45) is 0 Å². The first-order valence-corrected chi connectivity index (χ1v) is 11.8. The highest BCUT2D eigenvalue weighted by atomic mass is 32.2. The van der Waals surface area contributed by atoms with Gasteiger partial charge in [-0.3, -0.25) is 9.36 Å². The fraction of sp³-hybridized carbons (Fsp3) is 0.192. The van der Waals surface area contributed by atoms with Crippen molar-refractivity contribution in [3.63, 3.8) is 0 Å². The second-order valence-electron chi connectivity index (χ2n) is 7.59. The molecule has 0 saturated heterocycles. The minimum Gasteiger partial charge on any atom is -0.497 e. The number of ether oxygens (including phenoxy) is 2. The molecule has 34 heavy (non-hydrogen) atoms. The van der Waals surface area contributed by atoms with Crippen LogP contribution in [0.2, 0.25) is 0 Å². The van der Waals surface area contributed by atoms with E-state index in [4.69, 9.17) is 9.47 Å². The van der Waals surface area contributed by atoms with E-state index in [0.717, 1.165) is 16.6 Å². The molecule has 3 aromatic carbocycles. The number of hydrogen-bond acceptors (Lipinski definition) is 6. The van der Waals surface area contributed by atoms with Gasteiger partial charge in [0.1, 0.15) is 11.5 Å². The van der Waals surface area contributed by atoms with Crippen LogP contribution in [0.1, 0.15) is 27.3 Å². The number of hydrogen-bond donors (Lipinski definition) is 1. The molecule has 1 N–H and O–H groups in total. The van der Waals surface area contributed by atoms with E-state index in [1.165, 1.54) is 11.1 Å². The van der Waals surface area contributed by atoms with Gasteiger partial charge in [0, 0.05) is 11.3 Å². The van der Waals surface area contributed by atoms with Crippen LogP contribution in [0, 0.1) is 6.92 Å². The zero-order chi connectivity index (χ0) is 23.9. The molecular weight excluding hydrogens is 448 g/mol. The highest BCUT2D eigenvalue weighted by Crippen LogP contribution is 2.30. The van der Waals surface area contributed by atoms with Gasteiger partial charge in [0.05, 0.1) is 26.5 Å².